The molecule has 0 amide bonds. The summed E-state index contributed by atoms with van der Waals surface area (Å²) in [5, 5.41) is 0. The molecule has 1 saturated carbocycles. The molecule has 0 aromatic heterocycles. The van der Waals surface area contributed by atoms with Crippen LogP contribution in [0, 0.1) is 10.8 Å². The Morgan fingerprint density at radius 1 is 1.41 bits per heavy atom. The lowest BCUT2D eigenvalue weighted by Crippen LogP contribution is -2.59. The highest BCUT2D eigenvalue weighted by atomic mass is 32.2. The molecule has 0 aromatic rings. The van der Waals surface area contributed by atoms with E-state index in [1.165, 1.54) is 0 Å². The molecule has 7 heteroatoms. The second-order valence-corrected chi connectivity index (χ2v) is 7.74. The summed E-state index contributed by atoms with van der Waals surface area (Å²) in [5.74, 6) is -0.529. The maximum Gasteiger partial charge on any atom is 0.360 e. The van der Waals surface area contributed by atoms with Gasteiger partial charge in [-0.3, -0.25) is 0 Å². The second kappa shape index (κ2) is 2.26. The lowest BCUT2D eigenvalue weighted by molar-refractivity contribution is -0.187. The Morgan fingerprint density at radius 3 is 2.76 bits per heavy atom. The smallest absolute Gasteiger partial charge is 0.360 e. The van der Waals surface area contributed by atoms with Crippen LogP contribution in [0.5, 0.6) is 0 Å². The van der Waals surface area contributed by atoms with Crippen LogP contribution in [0.2, 0.25) is 0 Å². The van der Waals surface area contributed by atoms with Crippen LogP contribution < -0.4 is 0 Å². The largest absolute Gasteiger partial charge is 0.458 e. The molecule has 1 aliphatic carbocycles. The number of rotatable bonds is 0. The minimum atomic E-state index is -3.48. The van der Waals surface area contributed by atoms with E-state index >= 15 is 0 Å². The van der Waals surface area contributed by atoms with Gasteiger partial charge in [0.1, 0.15) is 6.10 Å². The van der Waals surface area contributed by atoms with E-state index < -0.39 is 27.1 Å². The Bertz CT molecular complexity index is 555. The number of hydrogen-bond donors (Lipinski definition) is 0. The van der Waals surface area contributed by atoms with Gasteiger partial charge in [-0.15, -0.1) is 0 Å². The highest BCUT2D eigenvalue weighted by Gasteiger charge is 2.91. The van der Waals surface area contributed by atoms with Gasteiger partial charge in [-0.2, -0.15) is 0 Å². The molecule has 1 unspecified atom stereocenters. The van der Waals surface area contributed by atoms with E-state index in [2.05, 4.69) is 0 Å². The number of hydrogen-bond acceptors (Lipinski definition) is 5. The zero-order valence-corrected chi connectivity index (χ0v) is 10.4. The fourth-order valence-corrected chi connectivity index (χ4v) is 6.35. The molecule has 2 bridgehead atoms. The standard InChI is InChI=1S/C10H13NO5S/c1-8(2)6-3-4-9(8)5-17(13,14)11-10(9,16-11)7(12)15-6/h6H,3-5H2,1-2H3/t6-,9-,10+,11?/m0/s1. The van der Waals surface area contributed by atoms with Gasteiger partial charge in [0.05, 0.1) is 11.2 Å². The lowest BCUT2D eigenvalue weighted by Gasteiger charge is -2.46. The van der Waals surface area contributed by atoms with Gasteiger partial charge in [0, 0.05) is 5.41 Å². The first-order valence-corrected chi connectivity index (χ1v) is 7.32. The summed E-state index contributed by atoms with van der Waals surface area (Å²) in [6.45, 7) is 3.94. The van der Waals surface area contributed by atoms with Crippen molar-refractivity contribution in [1.82, 2.24) is 4.47 Å². The maximum absolute atomic E-state index is 12.0. The molecular formula is C10H13NO5S. The molecule has 3 saturated heterocycles. The molecule has 0 N–H and O–H groups in total. The fourth-order valence-electron chi connectivity index (χ4n) is 4.04. The van der Waals surface area contributed by atoms with Crippen molar-refractivity contribution >= 4 is 16.0 Å². The van der Waals surface area contributed by atoms with E-state index in [1.807, 2.05) is 13.8 Å². The summed E-state index contributed by atoms with van der Waals surface area (Å²) >= 11 is 0. The molecule has 4 atom stereocenters. The summed E-state index contributed by atoms with van der Waals surface area (Å²) in [6, 6.07) is 0. The minimum absolute atomic E-state index is 0.00139. The number of sulfonamides is 1. The summed E-state index contributed by atoms with van der Waals surface area (Å²) in [6.07, 6.45) is 1.18. The van der Waals surface area contributed by atoms with Crippen LogP contribution in [-0.4, -0.2) is 36.4 Å². The lowest BCUT2D eigenvalue weighted by atomic mass is 9.62. The summed E-state index contributed by atoms with van der Waals surface area (Å²) in [7, 11) is -3.48. The monoisotopic (exact) mass is 259 g/mol. The molecule has 4 rings (SSSR count). The van der Waals surface area contributed by atoms with Gasteiger partial charge in [0.15, 0.2) is 0 Å². The Balaban J connectivity index is 2.02. The number of hydroxylamine groups is 1. The maximum atomic E-state index is 12.0. The van der Waals surface area contributed by atoms with Crippen LogP contribution in [0.15, 0.2) is 0 Å². The van der Waals surface area contributed by atoms with Gasteiger partial charge in [-0.05, 0) is 17.3 Å². The van der Waals surface area contributed by atoms with E-state index in [9.17, 15) is 13.2 Å². The molecule has 2 spiro atoms. The predicted molar refractivity (Wildman–Crippen MR) is 54.8 cm³/mol. The molecule has 94 valence electrons. The van der Waals surface area contributed by atoms with Crippen LogP contribution in [0.1, 0.15) is 26.7 Å². The Hall–Kier alpha value is -0.660. The van der Waals surface area contributed by atoms with Crippen LogP contribution in [0.4, 0.5) is 0 Å². The van der Waals surface area contributed by atoms with Crippen molar-refractivity contribution in [2.24, 2.45) is 10.8 Å². The molecule has 17 heavy (non-hydrogen) atoms. The first kappa shape index (κ1) is 10.3. The normalized spacial score (nSPS) is 56.0. The average Bonchev–Trinajstić information content (AvgIpc) is 2.89. The van der Waals surface area contributed by atoms with Gasteiger partial charge in [0.25, 0.3) is 5.72 Å². The van der Waals surface area contributed by atoms with E-state index in [1.54, 1.807) is 0 Å². The van der Waals surface area contributed by atoms with Crippen LogP contribution in [0.25, 0.3) is 0 Å². The van der Waals surface area contributed by atoms with Crippen LogP contribution in [-0.2, 0) is 24.4 Å². The zero-order chi connectivity index (χ0) is 12.3. The molecule has 6 nitrogen and oxygen atoms in total. The zero-order valence-electron chi connectivity index (χ0n) is 9.60. The summed E-state index contributed by atoms with van der Waals surface area (Å²) in [4.78, 5) is 17.2. The topological polar surface area (TPSA) is 76.0 Å². The fraction of sp³-hybridized carbons (Fsp3) is 0.900. The van der Waals surface area contributed by atoms with Crippen molar-refractivity contribution in [3.8, 4) is 0 Å². The molecule has 0 aromatic carbocycles. The van der Waals surface area contributed by atoms with Crippen molar-refractivity contribution in [3.63, 3.8) is 0 Å². The minimum Gasteiger partial charge on any atom is -0.458 e. The van der Waals surface area contributed by atoms with Crippen molar-refractivity contribution < 1.29 is 22.8 Å². The first-order chi connectivity index (χ1) is 7.78. The van der Waals surface area contributed by atoms with Gasteiger partial charge in [0.2, 0.25) is 10.0 Å². The number of esters is 1. The third-order valence-corrected chi connectivity index (χ3v) is 6.86. The Labute approximate surface area is 98.9 Å². The van der Waals surface area contributed by atoms with Crippen molar-refractivity contribution in [2.45, 2.75) is 38.5 Å². The highest BCUT2D eigenvalue weighted by Crippen LogP contribution is 2.73. The first-order valence-electron chi connectivity index (χ1n) is 5.71. The molecule has 3 heterocycles. The predicted octanol–water partition coefficient (Wildman–Crippen LogP) is 0.00510. The molecule has 4 aliphatic rings. The quantitative estimate of drug-likeness (QED) is 0.452. The molecular weight excluding hydrogens is 246 g/mol. The number of ether oxygens (including phenoxy) is 1. The van der Waals surface area contributed by atoms with Gasteiger partial charge < -0.3 is 4.74 Å². The van der Waals surface area contributed by atoms with Crippen molar-refractivity contribution in [1.29, 1.82) is 0 Å². The average molecular weight is 259 g/mol. The summed E-state index contributed by atoms with van der Waals surface area (Å²) in [5.41, 5.74) is -2.35. The van der Waals surface area contributed by atoms with Crippen LogP contribution >= 0.6 is 0 Å². The van der Waals surface area contributed by atoms with Gasteiger partial charge >= 0.3 is 5.97 Å². The second-order valence-electron chi connectivity index (χ2n) is 5.96. The van der Waals surface area contributed by atoms with E-state index in [0.29, 0.717) is 12.8 Å². The van der Waals surface area contributed by atoms with E-state index in [0.717, 1.165) is 4.47 Å². The van der Waals surface area contributed by atoms with E-state index in [4.69, 9.17) is 9.57 Å². The van der Waals surface area contributed by atoms with Crippen molar-refractivity contribution in [3.05, 3.63) is 0 Å². The molecule has 3 aliphatic heterocycles. The third kappa shape index (κ3) is 0.750. The highest BCUT2D eigenvalue weighted by molar-refractivity contribution is 7.89. The third-order valence-electron chi connectivity index (χ3n) is 5.17. The van der Waals surface area contributed by atoms with E-state index in [-0.39, 0.29) is 17.3 Å². The Kier molecular flexibility index (Phi) is 1.37. The molecule has 4 fully saturated rings. The van der Waals surface area contributed by atoms with Gasteiger partial charge in [-0.25, -0.2) is 18.0 Å². The van der Waals surface area contributed by atoms with Gasteiger partial charge in [-0.1, -0.05) is 13.8 Å². The SMILES string of the molecule is CC1(C)[C@@H]2CC[C@]13CS(=O)(=O)N1O[C@@]13C(=O)O2. The number of nitrogens with zero attached hydrogens (tertiary/aromatic N) is 1. The Morgan fingerprint density at radius 2 is 2.12 bits per heavy atom. The number of carbonyl (C=O) groups is 1. The van der Waals surface area contributed by atoms with Crippen molar-refractivity contribution in [2.75, 3.05) is 5.75 Å². The number of carbonyl (C=O) groups excluding carboxylic acids is 1. The molecule has 0 radical (unpaired) electrons. The summed E-state index contributed by atoms with van der Waals surface area (Å²) < 4.78 is 30.2. The van der Waals surface area contributed by atoms with Crippen LogP contribution in [0.3, 0.4) is 0 Å². The number of fused-ring (bicyclic) bond motifs is 1.